The maximum absolute atomic E-state index is 12.1. The molecule has 1 fully saturated rings. The Bertz CT molecular complexity index is 675. The van der Waals surface area contributed by atoms with Crippen molar-refractivity contribution < 1.29 is 0 Å². The van der Waals surface area contributed by atoms with E-state index in [1.165, 1.54) is 17.5 Å². The van der Waals surface area contributed by atoms with Crippen LogP contribution in [-0.4, -0.2) is 24.5 Å². The minimum atomic E-state index is -0.101. The van der Waals surface area contributed by atoms with Crippen LogP contribution in [0, 0.1) is 5.92 Å². The van der Waals surface area contributed by atoms with Crippen LogP contribution in [0.3, 0.4) is 0 Å². The van der Waals surface area contributed by atoms with Crippen LogP contribution in [0.2, 0.25) is 0 Å². The first-order valence-corrected chi connectivity index (χ1v) is 7.27. The van der Waals surface area contributed by atoms with Gasteiger partial charge in [0.15, 0.2) is 5.82 Å². The predicted molar refractivity (Wildman–Crippen MR) is 77.3 cm³/mol. The van der Waals surface area contributed by atoms with E-state index in [-0.39, 0.29) is 5.56 Å². The maximum Gasteiger partial charge on any atom is 0.283 e. The molecule has 0 atom stereocenters. The van der Waals surface area contributed by atoms with Crippen LogP contribution in [0.4, 0.5) is 5.69 Å². The summed E-state index contributed by atoms with van der Waals surface area (Å²) >= 11 is 3.34. The lowest BCUT2D eigenvalue weighted by Gasteiger charge is -2.09. The molecule has 0 aromatic carbocycles. The molecule has 20 heavy (non-hydrogen) atoms. The molecule has 1 aliphatic carbocycles. The number of hydrogen-bond donors (Lipinski definition) is 1. The third-order valence-electron chi connectivity index (χ3n) is 3.20. The second-order valence-electron chi connectivity index (χ2n) is 4.99. The van der Waals surface area contributed by atoms with Crippen molar-refractivity contribution in [3.8, 4) is 0 Å². The molecule has 0 spiro atoms. The minimum absolute atomic E-state index is 0.101. The minimum Gasteiger partial charge on any atom is -0.375 e. The standard InChI is InChI=1S/C12H15BrN6O/c1-18-7-15-10(17-18)5-14-9-4-16-19(6-8-2-3-8)12(20)11(9)13/h4,7-8,14H,2-3,5-6H2,1H3. The van der Waals surface area contributed by atoms with Crippen molar-refractivity contribution in [2.24, 2.45) is 13.0 Å². The second-order valence-corrected chi connectivity index (χ2v) is 5.78. The third kappa shape index (κ3) is 2.90. The van der Waals surface area contributed by atoms with Crippen LogP contribution in [-0.2, 0) is 20.1 Å². The number of rotatable bonds is 5. The fraction of sp³-hybridized carbons (Fsp3) is 0.500. The highest BCUT2D eigenvalue weighted by atomic mass is 79.9. The zero-order valence-corrected chi connectivity index (χ0v) is 12.7. The summed E-state index contributed by atoms with van der Waals surface area (Å²) in [5.41, 5.74) is 0.561. The SMILES string of the molecule is Cn1cnc(CNc2cnn(CC3CC3)c(=O)c2Br)n1. The Labute approximate surface area is 124 Å². The van der Waals surface area contributed by atoms with Crippen molar-refractivity contribution in [1.82, 2.24) is 24.5 Å². The number of nitrogens with zero attached hydrogens (tertiary/aromatic N) is 5. The molecule has 0 unspecified atom stereocenters. The molecule has 2 aromatic heterocycles. The normalized spacial score (nSPS) is 14.5. The van der Waals surface area contributed by atoms with Crippen molar-refractivity contribution in [1.29, 1.82) is 0 Å². The molecular weight excluding hydrogens is 324 g/mol. The third-order valence-corrected chi connectivity index (χ3v) is 3.96. The highest BCUT2D eigenvalue weighted by molar-refractivity contribution is 9.10. The molecule has 2 heterocycles. The summed E-state index contributed by atoms with van der Waals surface area (Å²) in [5.74, 6) is 1.28. The van der Waals surface area contributed by atoms with E-state index in [0.29, 0.717) is 35.0 Å². The molecule has 7 nitrogen and oxygen atoms in total. The molecule has 1 aliphatic rings. The summed E-state index contributed by atoms with van der Waals surface area (Å²) in [6.07, 6.45) is 5.68. The molecule has 0 bridgehead atoms. The second kappa shape index (κ2) is 5.35. The fourth-order valence-corrected chi connectivity index (χ4v) is 2.35. The number of anilines is 1. The quantitative estimate of drug-likeness (QED) is 0.884. The summed E-state index contributed by atoms with van der Waals surface area (Å²) in [6.45, 7) is 1.16. The molecule has 0 radical (unpaired) electrons. The van der Waals surface area contributed by atoms with Crippen LogP contribution in [0.25, 0.3) is 0 Å². The van der Waals surface area contributed by atoms with Gasteiger partial charge in [-0.3, -0.25) is 9.48 Å². The Morgan fingerprint density at radius 1 is 1.50 bits per heavy atom. The van der Waals surface area contributed by atoms with Gasteiger partial charge in [0.25, 0.3) is 5.56 Å². The first-order valence-electron chi connectivity index (χ1n) is 6.47. The topological polar surface area (TPSA) is 77.6 Å². The average molecular weight is 339 g/mol. The Balaban J connectivity index is 1.73. The largest absolute Gasteiger partial charge is 0.375 e. The molecule has 3 rings (SSSR count). The smallest absolute Gasteiger partial charge is 0.283 e. The number of aromatic nitrogens is 5. The Kier molecular flexibility index (Phi) is 3.56. The number of aryl methyl sites for hydroxylation is 1. The van der Waals surface area contributed by atoms with Crippen LogP contribution in [0.5, 0.6) is 0 Å². The van der Waals surface area contributed by atoms with Gasteiger partial charge in [0.2, 0.25) is 0 Å². The Morgan fingerprint density at radius 3 is 2.95 bits per heavy atom. The molecule has 106 valence electrons. The van der Waals surface area contributed by atoms with E-state index in [0.717, 1.165) is 0 Å². The van der Waals surface area contributed by atoms with Crippen LogP contribution in [0.15, 0.2) is 21.8 Å². The van der Waals surface area contributed by atoms with Gasteiger partial charge in [-0.05, 0) is 34.7 Å². The van der Waals surface area contributed by atoms with Gasteiger partial charge < -0.3 is 5.32 Å². The van der Waals surface area contributed by atoms with Gasteiger partial charge in [0, 0.05) is 13.6 Å². The zero-order valence-electron chi connectivity index (χ0n) is 11.1. The summed E-state index contributed by atoms with van der Waals surface area (Å²) in [5, 5.41) is 11.5. The molecular formula is C12H15BrN6O. The molecule has 1 saturated carbocycles. The van der Waals surface area contributed by atoms with Crippen molar-refractivity contribution in [2.75, 3.05) is 5.32 Å². The molecule has 2 aromatic rings. The monoisotopic (exact) mass is 338 g/mol. The van der Waals surface area contributed by atoms with Crippen molar-refractivity contribution in [3.63, 3.8) is 0 Å². The van der Waals surface area contributed by atoms with Crippen LogP contribution < -0.4 is 10.9 Å². The Morgan fingerprint density at radius 2 is 2.30 bits per heavy atom. The lowest BCUT2D eigenvalue weighted by molar-refractivity contribution is 0.532. The number of nitrogens with one attached hydrogen (secondary N) is 1. The van der Waals surface area contributed by atoms with Gasteiger partial charge in [-0.1, -0.05) is 0 Å². The highest BCUT2D eigenvalue weighted by Gasteiger charge is 2.23. The zero-order chi connectivity index (χ0) is 14.1. The first-order chi connectivity index (χ1) is 9.63. The van der Waals surface area contributed by atoms with E-state index in [4.69, 9.17) is 0 Å². The van der Waals surface area contributed by atoms with Gasteiger partial charge in [-0.25, -0.2) is 9.67 Å². The highest BCUT2D eigenvalue weighted by Crippen LogP contribution is 2.30. The molecule has 0 aliphatic heterocycles. The fourth-order valence-electron chi connectivity index (χ4n) is 1.90. The lowest BCUT2D eigenvalue weighted by Crippen LogP contribution is -2.25. The molecule has 8 heteroatoms. The summed E-state index contributed by atoms with van der Waals surface area (Å²) in [7, 11) is 1.81. The van der Waals surface area contributed by atoms with Gasteiger partial charge in [-0.2, -0.15) is 10.2 Å². The molecule has 0 saturated heterocycles. The van der Waals surface area contributed by atoms with E-state index in [1.54, 1.807) is 17.2 Å². The van der Waals surface area contributed by atoms with E-state index in [9.17, 15) is 4.79 Å². The van der Waals surface area contributed by atoms with Gasteiger partial charge in [0.1, 0.15) is 10.8 Å². The van der Waals surface area contributed by atoms with E-state index >= 15 is 0 Å². The first kappa shape index (κ1) is 13.3. The average Bonchev–Trinajstić information content (AvgIpc) is 3.15. The molecule has 0 amide bonds. The molecule has 1 N–H and O–H groups in total. The number of hydrogen-bond acceptors (Lipinski definition) is 5. The van der Waals surface area contributed by atoms with Crippen LogP contribution in [0.1, 0.15) is 18.7 Å². The lowest BCUT2D eigenvalue weighted by atomic mass is 10.4. The van der Waals surface area contributed by atoms with Gasteiger partial charge in [0.05, 0.1) is 18.4 Å². The summed E-state index contributed by atoms with van der Waals surface area (Å²) in [4.78, 5) is 16.3. The Hall–Kier alpha value is -1.70. The van der Waals surface area contributed by atoms with E-state index in [2.05, 4.69) is 36.4 Å². The van der Waals surface area contributed by atoms with Crippen molar-refractivity contribution >= 4 is 21.6 Å². The van der Waals surface area contributed by atoms with Gasteiger partial charge in [-0.15, -0.1) is 0 Å². The summed E-state index contributed by atoms with van der Waals surface area (Å²) < 4.78 is 3.66. The van der Waals surface area contributed by atoms with Crippen molar-refractivity contribution in [2.45, 2.75) is 25.9 Å². The maximum atomic E-state index is 12.1. The van der Waals surface area contributed by atoms with Crippen molar-refractivity contribution in [3.05, 3.63) is 33.2 Å². The van der Waals surface area contributed by atoms with Crippen LogP contribution >= 0.6 is 15.9 Å². The van der Waals surface area contributed by atoms with Gasteiger partial charge >= 0.3 is 0 Å². The van der Waals surface area contributed by atoms with E-state index in [1.807, 2.05) is 7.05 Å². The van der Waals surface area contributed by atoms with E-state index < -0.39 is 0 Å². The summed E-state index contributed by atoms with van der Waals surface area (Å²) in [6, 6.07) is 0. The number of halogens is 1. The predicted octanol–water partition coefficient (Wildman–Crippen LogP) is 1.16.